The van der Waals surface area contributed by atoms with Crippen molar-refractivity contribution in [2.75, 3.05) is 19.6 Å². The van der Waals surface area contributed by atoms with Gasteiger partial charge in [0.05, 0.1) is 11.4 Å². The second kappa shape index (κ2) is 6.17. The third kappa shape index (κ3) is 3.30. The number of benzene rings is 1. The van der Waals surface area contributed by atoms with Crippen LogP contribution in [0, 0.1) is 0 Å². The molecular weight excluding hydrogens is 324 g/mol. The Morgan fingerprint density at radius 1 is 1.26 bits per heavy atom. The summed E-state index contributed by atoms with van der Waals surface area (Å²) in [6.07, 6.45) is 0. The van der Waals surface area contributed by atoms with Crippen LogP contribution in [-0.4, -0.2) is 65.4 Å². The van der Waals surface area contributed by atoms with Gasteiger partial charge in [0.15, 0.2) is 0 Å². The van der Waals surface area contributed by atoms with Crippen molar-refractivity contribution in [3.63, 3.8) is 0 Å². The summed E-state index contributed by atoms with van der Waals surface area (Å²) in [5, 5.41) is 18.4. The Hall–Kier alpha value is -2.13. The number of sulfonamides is 1. The lowest BCUT2D eigenvalue weighted by Gasteiger charge is -2.36. The van der Waals surface area contributed by atoms with E-state index in [1.807, 2.05) is 13.8 Å². The Morgan fingerprint density at radius 3 is 2.43 bits per heavy atom. The molecule has 1 aromatic rings. The van der Waals surface area contributed by atoms with E-state index in [1.54, 1.807) is 4.90 Å². The van der Waals surface area contributed by atoms with Crippen LogP contribution in [-0.2, 0) is 14.8 Å². The number of hydrogen-bond donors (Lipinski definition) is 2. The Balaban J connectivity index is 2.31. The molecule has 0 atom stereocenters. The molecule has 1 fully saturated rings. The molecule has 23 heavy (non-hydrogen) atoms. The predicted octanol–water partition coefficient (Wildman–Crippen LogP) is 0.332. The molecule has 0 saturated carbocycles. The molecule has 0 aromatic heterocycles. The first-order valence-electron chi connectivity index (χ1n) is 7.00. The highest BCUT2D eigenvalue weighted by molar-refractivity contribution is 7.89. The van der Waals surface area contributed by atoms with Gasteiger partial charge in [0.1, 0.15) is 11.3 Å². The average molecular weight is 342 g/mol. The van der Waals surface area contributed by atoms with Crippen LogP contribution in [0.3, 0.4) is 0 Å². The molecule has 0 aliphatic carbocycles. The van der Waals surface area contributed by atoms with E-state index in [1.165, 1.54) is 0 Å². The van der Waals surface area contributed by atoms with Crippen LogP contribution in [0.2, 0.25) is 0 Å². The van der Waals surface area contributed by atoms with E-state index in [-0.39, 0.29) is 36.5 Å². The summed E-state index contributed by atoms with van der Waals surface area (Å²) in [7, 11) is -4.01. The lowest BCUT2D eigenvalue weighted by atomic mass is 10.2. The van der Waals surface area contributed by atoms with Gasteiger partial charge in [-0.05, 0) is 32.0 Å². The van der Waals surface area contributed by atoms with Crippen LogP contribution in [0.15, 0.2) is 23.1 Å². The van der Waals surface area contributed by atoms with Crippen LogP contribution in [0.4, 0.5) is 0 Å². The normalized spacial score (nSPS) is 16.8. The van der Waals surface area contributed by atoms with Crippen molar-refractivity contribution < 1.29 is 28.2 Å². The molecule has 1 aliphatic rings. The van der Waals surface area contributed by atoms with Crippen molar-refractivity contribution >= 4 is 21.9 Å². The zero-order chi connectivity index (χ0) is 17.4. The number of nitrogens with zero attached hydrogens (tertiary/aromatic N) is 2. The number of carbonyl (C=O) groups is 2. The molecule has 0 bridgehead atoms. The summed E-state index contributed by atoms with van der Waals surface area (Å²) in [6.45, 7) is 3.82. The number of hydrogen-bond acceptors (Lipinski definition) is 5. The second-order valence-corrected chi connectivity index (χ2v) is 7.44. The number of amides is 1. The van der Waals surface area contributed by atoms with Crippen molar-refractivity contribution in [3.8, 4) is 5.75 Å². The van der Waals surface area contributed by atoms with Gasteiger partial charge in [-0.1, -0.05) is 0 Å². The zero-order valence-corrected chi connectivity index (χ0v) is 13.6. The number of carboxylic acids is 1. The van der Waals surface area contributed by atoms with E-state index in [0.717, 1.165) is 22.5 Å². The van der Waals surface area contributed by atoms with E-state index < -0.39 is 27.3 Å². The first kappa shape index (κ1) is 17.2. The second-order valence-electron chi connectivity index (χ2n) is 5.50. The van der Waals surface area contributed by atoms with Crippen LogP contribution in [0.25, 0.3) is 0 Å². The van der Waals surface area contributed by atoms with Gasteiger partial charge in [-0.25, -0.2) is 13.2 Å². The number of carboxylic acid groups (broad SMARTS) is 1. The zero-order valence-electron chi connectivity index (χ0n) is 12.8. The monoisotopic (exact) mass is 342 g/mol. The fourth-order valence-corrected chi connectivity index (χ4v) is 3.82. The van der Waals surface area contributed by atoms with Gasteiger partial charge >= 0.3 is 5.97 Å². The molecule has 2 rings (SSSR count). The van der Waals surface area contributed by atoms with E-state index in [4.69, 9.17) is 5.11 Å². The standard InChI is InChI=1S/C14H18N2O6S/c1-9(2)16-6-5-15(8-13(16)18)23(21,22)10-3-4-12(17)11(7-10)14(19)20/h3-4,7,9,17H,5-6,8H2,1-2H3,(H,19,20). The van der Waals surface area contributed by atoms with Crippen molar-refractivity contribution in [3.05, 3.63) is 23.8 Å². The van der Waals surface area contributed by atoms with Gasteiger partial charge in [-0.3, -0.25) is 4.79 Å². The molecule has 0 unspecified atom stereocenters. The summed E-state index contributed by atoms with van der Waals surface area (Å²) >= 11 is 0. The SMILES string of the molecule is CC(C)N1CCN(S(=O)(=O)c2ccc(O)c(C(=O)O)c2)CC1=O. The molecular formula is C14H18N2O6S. The molecule has 2 N–H and O–H groups in total. The van der Waals surface area contributed by atoms with Crippen molar-refractivity contribution in [2.45, 2.75) is 24.8 Å². The van der Waals surface area contributed by atoms with E-state index in [2.05, 4.69) is 0 Å². The Labute approximate surface area is 134 Å². The van der Waals surface area contributed by atoms with E-state index in [9.17, 15) is 23.1 Å². The minimum atomic E-state index is -4.01. The van der Waals surface area contributed by atoms with Crippen molar-refractivity contribution in [1.82, 2.24) is 9.21 Å². The molecule has 0 spiro atoms. The van der Waals surface area contributed by atoms with Crippen LogP contribution >= 0.6 is 0 Å². The van der Waals surface area contributed by atoms with Gasteiger partial charge in [0, 0.05) is 19.1 Å². The first-order chi connectivity index (χ1) is 10.6. The minimum Gasteiger partial charge on any atom is -0.507 e. The topological polar surface area (TPSA) is 115 Å². The maximum absolute atomic E-state index is 12.6. The minimum absolute atomic E-state index is 0.0142. The molecule has 1 aliphatic heterocycles. The molecule has 8 nitrogen and oxygen atoms in total. The lowest BCUT2D eigenvalue weighted by molar-refractivity contribution is -0.135. The fraction of sp³-hybridized carbons (Fsp3) is 0.429. The van der Waals surface area contributed by atoms with Crippen LogP contribution in [0.5, 0.6) is 5.75 Å². The molecule has 9 heteroatoms. The Bertz CT molecular complexity index is 744. The molecule has 126 valence electrons. The smallest absolute Gasteiger partial charge is 0.339 e. The van der Waals surface area contributed by atoms with Gasteiger partial charge in [0.25, 0.3) is 0 Å². The van der Waals surface area contributed by atoms with Crippen molar-refractivity contribution in [2.24, 2.45) is 0 Å². The van der Waals surface area contributed by atoms with Crippen molar-refractivity contribution in [1.29, 1.82) is 0 Å². The Kier molecular flexibility index (Phi) is 4.62. The molecule has 0 radical (unpaired) electrons. The summed E-state index contributed by atoms with van der Waals surface area (Å²) in [5.41, 5.74) is -0.502. The summed E-state index contributed by atoms with van der Waals surface area (Å²) in [4.78, 5) is 24.4. The van der Waals surface area contributed by atoms with Gasteiger partial charge in [0.2, 0.25) is 15.9 Å². The summed E-state index contributed by atoms with van der Waals surface area (Å²) in [6, 6.07) is 3.02. The molecule has 1 saturated heterocycles. The Morgan fingerprint density at radius 2 is 1.91 bits per heavy atom. The number of aromatic carboxylic acids is 1. The highest BCUT2D eigenvalue weighted by Gasteiger charge is 2.34. The molecule has 1 aromatic carbocycles. The maximum atomic E-state index is 12.6. The summed E-state index contributed by atoms with van der Waals surface area (Å²) in [5.74, 6) is -2.25. The third-order valence-corrected chi connectivity index (χ3v) is 5.52. The van der Waals surface area contributed by atoms with E-state index in [0.29, 0.717) is 0 Å². The number of rotatable bonds is 4. The quantitative estimate of drug-likeness (QED) is 0.815. The fourth-order valence-electron chi connectivity index (χ4n) is 2.41. The van der Waals surface area contributed by atoms with Gasteiger partial charge < -0.3 is 15.1 Å². The predicted molar refractivity (Wildman–Crippen MR) is 80.7 cm³/mol. The first-order valence-corrected chi connectivity index (χ1v) is 8.44. The van der Waals surface area contributed by atoms with Crippen LogP contribution in [0.1, 0.15) is 24.2 Å². The number of phenols is 1. The number of carbonyl (C=O) groups excluding carboxylic acids is 1. The van der Waals surface area contributed by atoms with Crippen LogP contribution < -0.4 is 0 Å². The lowest BCUT2D eigenvalue weighted by Crippen LogP contribution is -2.54. The third-order valence-electron chi connectivity index (χ3n) is 3.68. The number of aromatic hydroxyl groups is 1. The highest BCUT2D eigenvalue weighted by atomic mass is 32.2. The summed E-state index contributed by atoms with van der Waals surface area (Å²) < 4.78 is 26.2. The maximum Gasteiger partial charge on any atom is 0.339 e. The van der Waals surface area contributed by atoms with E-state index >= 15 is 0 Å². The molecule has 1 amide bonds. The largest absolute Gasteiger partial charge is 0.507 e. The van der Waals surface area contributed by atoms with Gasteiger partial charge in [-0.2, -0.15) is 4.31 Å². The number of piperazine rings is 1. The highest BCUT2D eigenvalue weighted by Crippen LogP contribution is 2.24. The average Bonchev–Trinajstić information content (AvgIpc) is 2.46. The van der Waals surface area contributed by atoms with Gasteiger partial charge in [-0.15, -0.1) is 0 Å². The molecule has 1 heterocycles.